The number of ether oxygens (including phenoxy) is 5. The lowest BCUT2D eigenvalue weighted by Crippen LogP contribution is -2.38. The van der Waals surface area contributed by atoms with Crippen molar-refractivity contribution in [2.45, 2.75) is 96.1 Å². The fourth-order valence-electron chi connectivity index (χ4n) is 9.33. The highest BCUT2D eigenvalue weighted by atomic mass is 16.5. The van der Waals surface area contributed by atoms with E-state index in [1.807, 2.05) is 6.20 Å². The highest BCUT2D eigenvalue weighted by Gasteiger charge is 2.30. The minimum Gasteiger partial charge on any atom is -0.495 e. The van der Waals surface area contributed by atoms with Gasteiger partial charge in [0.1, 0.15) is 5.75 Å². The normalized spacial score (nSPS) is 18.7. The maximum atomic E-state index is 5.96. The molecule has 2 heterocycles. The summed E-state index contributed by atoms with van der Waals surface area (Å²) in [5, 5.41) is 0. The zero-order valence-corrected chi connectivity index (χ0v) is 36.0. The Hall–Kier alpha value is -5.11. The molecule has 1 aromatic heterocycles. The second kappa shape index (κ2) is 18.6. The standard InChI is InChI=1S/C50H63N3O5/c1-9-33(2)42-27-39(29-48(56-6)49(42)57-7)44-25-35(21-22-51-44)31-53(45-15-10-11-16-46(45)54-4)41-19-17-34(18-20-41)23-36-24-40(32-52(3)30-36)38-26-43(37-13-12-14-37)50(58-8)47(28-38)55-5/h10-11,15-16,21-22,24-29,32-34,37,41H,9,12-14,17-20,23,30-31H2,1-8H3. The quantitative estimate of drug-likeness (QED) is 0.111. The molecule has 0 saturated heterocycles. The minimum atomic E-state index is 0.319. The molecular formula is C50H63N3O5. The number of pyridine rings is 1. The van der Waals surface area contributed by atoms with Crippen LogP contribution in [0.3, 0.4) is 0 Å². The third-order valence-electron chi connectivity index (χ3n) is 12.9. The van der Waals surface area contributed by atoms with Crippen LogP contribution in [-0.4, -0.2) is 65.1 Å². The molecule has 58 heavy (non-hydrogen) atoms. The summed E-state index contributed by atoms with van der Waals surface area (Å²) in [7, 11) is 10.9. The van der Waals surface area contributed by atoms with Crippen molar-refractivity contribution in [3.63, 3.8) is 0 Å². The first kappa shape index (κ1) is 41.1. The number of aromatic nitrogens is 1. The number of nitrogens with zero attached hydrogens (tertiary/aromatic N) is 3. The van der Waals surface area contributed by atoms with Crippen LogP contribution in [-0.2, 0) is 6.54 Å². The van der Waals surface area contributed by atoms with E-state index in [2.05, 4.69) is 104 Å². The Kier molecular flexibility index (Phi) is 13.2. The van der Waals surface area contributed by atoms with Crippen molar-refractivity contribution < 1.29 is 23.7 Å². The highest BCUT2D eigenvalue weighted by Crippen LogP contribution is 2.47. The molecule has 2 aliphatic carbocycles. The van der Waals surface area contributed by atoms with Gasteiger partial charge in [-0.15, -0.1) is 0 Å². The Morgan fingerprint density at radius 1 is 0.776 bits per heavy atom. The first-order valence-corrected chi connectivity index (χ1v) is 21.3. The summed E-state index contributed by atoms with van der Waals surface area (Å²) in [6, 6.07) is 22.0. The zero-order chi connectivity index (χ0) is 40.8. The van der Waals surface area contributed by atoms with Crippen molar-refractivity contribution in [1.82, 2.24) is 9.88 Å². The number of allylic oxidation sites excluding steroid dienone is 2. The molecule has 0 radical (unpaired) electrons. The Bertz CT molecular complexity index is 2100. The highest BCUT2D eigenvalue weighted by molar-refractivity contribution is 5.78. The average Bonchev–Trinajstić information content (AvgIpc) is 3.24. The van der Waals surface area contributed by atoms with Gasteiger partial charge in [0.15, 0.2) is 23.0 Å². The summed E-state index contributed by atoms with van der Waals surface area (Å²) in [5.74, 6) is 5.65. The van der Waals surface area contributed by atoms with Gasteiger partial charge < -0.3 is 33.5 Å². The van der Waals surface area contributed by atoms with Gasteiger partial charge in [0, 0.05) is 55.3 Å². The van der Waals surface area contributed by atoms with E-state index in [1.54, 1.807) is 35.5 Å². The Morgan fingerprint density at radius 2 is 1.48 bits per heavy atom. The molecule has 8 nitrogen and oxygen atoms in total. The summed E-state index contributed by atoms with van der Waals surface area (Å²) in [6.45, 7) is 6.15. The van der Waals surface area contributed by atoms with Crippen LogP contribution < -0.4 is 28.6 Å². The molecule has 7 rings (SSSR count). The summed E-state index contributed by atoms with van der Waals surface area (Å²) in [5.41, 5.74) is 10.7. The lowest BCUT2D eigenvalue weighted by Gasteiger charge is -2.39. The van der Waals surface area contributed by atoms with Gasteiger partial charge in [-0.2, -0.15) is 0 Å². The Balaban J connectivity index is 1.10. The summed E-state index contributed by atoms with van der Waals surface area (Å²) in [4.78, 5) is 9.78. The monoisotopic (exact) mass is 785 g/mol. The third-order valence-corrected chi connectivity index (χ3v) is 12.9. The second-order valence-corrected chi connectivity index (χ2v) is 16.6. The number of likely N-dealkylation sites (N-methyl/N-ethyl adjacent to an activating group) is 1. The van der Waals surface area contributed by atoms with E-state index in [0.29, 0.717) is 23.8 Å². The van der Waals surface area contributed by atoms with Crippen LogP contribution in [0.15, 0.2) is 84.7 Å². The third kappa shape index (κ3) is 8.81. The number of para-hydroxylation sites is 2. The predicted octanol–water partition coefficient (Wildman–Crippen LogP) is 11.4. The van der Waals surface area contributed by atoms with Gasteiger partial charge in [-0.25, -0.2) is 0 Å². The van der Waals surface area contributed by atoms with Gasteiger partial charge in [0.2, 0.25) is 0 Å². The molecule has 2 saturated carbocycles. The average molecular weight is 786 g/mol. The van der Waals surface area contributed by atoms with E-state index >= 15 is 0 Å². The summed E-state index contributed by atoms with van der Waals surface area (Å²) < 4.78 is 29.3. The first-order valence-electron chi connectivity index (χ1n) is 21.3. The van der Waals surface area contributed by atoms with Gasteiger partial charge >= 0.3 is 0 Å². The van der Waals surface area contributed by atoms with Gasteiger partial charge in [0.05, 0.1) is 46.9 Å². The van der Waals surface area contributed by atoms with Crippen molar-refractivity contribution in [2.24, 2.45) is 5.92 Å². The molecule has 8 heteroatoms. The molecule has 1 unspecified atom stereocenters. The van der Waals surface area contributed by atoms with Crippen LogP contribution >= 0.6 is 0 Å². The van der Waals surface area contributed by atoms with Gasteiger partial charge in [-0.1, -0.05) is 44.1 Å². The smallest absolute Gasteiger partial charge is 0.164 e. The van der Waals surface area contributed by atoms with Crippen LogP contribution in [0.5, 0.6) is 28.7 Å². The molecule has 1 aliphatic heterocycles. The molecule has 1 atom stereocenters. The van der Waals surface area contributed by atoms with Crippen molar-refractivity contribution in [3.05, 3.63) is 107 Å². The lowest BCUT2D eigenvalue weighted by atomic mass is 9.78. The number of rotatable bonds is 16. The van der Waals surface area contributed by atoms with E-state index < -0.39 is 0 Å². The number of benzene rings is 3. The number of hydrogen-bond donors (Lipinski definition) is 0. The first-order chi connectivity index (χ1) is 28.3. The molecule has 4 aromatic rings. The van der Waals surface area contributed by atoms with Gasteiger partial charge in [0.25, 0.3) is 0 Å². The van der Waals surface area contributed by atoms with Crippen LogP contribution in [0.4, 0.5) is 5.69 Å². The topological polar surface area (TPSA) is 65.5 Å². The fourth-order valence-corrected chi connectivity index (χ4v) is 9.33. The Morgan fingerprint density at radius 3 is 2.16 bits per heavy atom. The number of methoxy groups -OCH3 is 5. The van der Waals surface area contributed by atoms with Gasteiger partial charge in [-0.3, -0.25) is 4.98 Å². The van der Waals surface area contributed by atoms with Crippen LogP contribution in [0.25, 0.3) is 16.8 Å². The molecule has 0 amide bonds. The molecular weight excluding hydrogens is 723 g/mol. The molecule has 308 valence electrons. The van der Waals surface area contributed by atoms with Crippen LogP contribution in [0, 0.1) is 5.92 Å². The molecule has 2 fully saturated rings. The van der Waals surface area contributed by atoms with Crippen molar-refractivity contribution >= 4 is 11.3 Å². The molecule has 3 aromatic carbocycles. The predicted molar refractivity (Wildman–Crippen MR) is 236 cm³/mol. The maximum Gasteiger partial charge on any atom is 0.164 e. The number of hydrogen-bond acceptors (Lipinski definition) is 8. The molecule has 0 spiro atoms. The van der Waals surface area contributed by atoms with Crippen molar-refractivity contribution in [1.29, 1.82) is 0 Å². The fraction of sp³-hybridized carbons (Fsp3) is 0.460. The molecule has 3 aliphatic rings. The van der Waals surface area contributed by atoms with Crippen molar-refractivity contribution in [2.75, 3.05) is 54.0 Å². The SMILES string of the molecule is CCC(C)c1cc(-c2cc(CN(c3ccccc3OC)C3CCC(CC4=CC(c5cc(OC)c(OC)c(C6CCC6)c5)=CN(C)C4)CC3)ccn2)cc(OC)c1OC. The number of anilines is 1. The van der Waals surface area contributed by atoms with Crippen molar-refractivity contribution in [3.8, 4) is 40.0 Å². The van der Waals surface area contributed by atoms with E-state index in [1.165, 1.54) is 59.9 Å². The van der Waals surface area contributed by atoms with Crippen LogP contribution in [0.1, 0.15) is 106 Å². The van der Waals surface area contributed by atoms with Crippen LogP contribution in [0.2, 0.25) is 0 Å². The zero-order valence-electron chi connectivity index (χ0n) is 36.0. The summed E-state index contributed by atoms with van der Waals surface area (Å²) >= 11 is 0. The maximum absolute atomic E-state index is 5.96. The van der Waals surface area contributed by atoms with E-state index in [9.17, 15) is 0 Å². The van der Waals surface area contributed by atoms with Gasteiger partial charge in [-0.05, 0) is 134 Å². The summed E-state index contributed by atoms with van der Waals surface area (Å²) in [6.07, 6.45) is 17.1. The van der Waals surface area contributed by atoms with E-state index in [-0.39, 0.29) is 0 Å². The molecule has 0 bridgehead atoms. The van der Waals surface area contributed by atoms with E-state index in [0.717, 1.165) is 90.0 Å². The largest absolute Gasteiger partial charge is 0.495 e. The lowest BCUT2D eigenvalue weighted by molar-refractivity contribution is 0.305. The molecule has 0 N–H and O–H groups in total. The Labute approximate surface area is 346 Å². The van der Waals surface area contributed by atoms with E-state index in [4.69, 9.17) is 28.7 Å². The second-order valence-electron chi connectivity index (χ2n) is 16.6. The minimum absolute atomic E-state index is 0.319.